The zero-order chi connectivity index (χ0) is 30.3. The topological polar surface area (TPSA) is 24.1 Å². The number of nitrogens with one attached hydrogen (secondary N) is 2. The molecule has 16 rings (SSSR count). The Labute approximate surface area is 269 Å². The van der Waals surface area contributed by atoms with Gasteiger partial charge in [-0.1, -0.05) is 0 Å². The molecule has 0 aromatic heterocycles. The minimum absolute atomic E-state index is 0.0706. The zero-order valence-electron chi connectivity index (χ0n) is 29.4. The van der Waals surface area contributed by atoms with Gasteiger partial charge in [-0.25, -0.2) is 0 Å². The van der Waals surface area contributed by atoms with Crippen molar-refractivity contribution in [3.8, 4) is 0 Å². The van der Waals surface area contributed by atoms with Crippen LogP contribution < -0.4 is 10.6 Å². The Balaban J connectivity index is 0.994. The maximum absolute atomic E-state index is 4.43. The van der Waals surface area contributed by atoms with Crippen molar-refractivity contribution >= 4 is 25.2 Å². The molecule has 9 atom stereocenters. The molecule has 12 aliphatic heterocycles. The van der Waals surface area contributed by atoms with Crippen molar-refractivity contribution in [3.05, 3.63) is 0 Å². The first-order chi connectivity index (χ1) is 21.2. The van der Waals surface area contributed by atoms with Gasteiger partial charge < -0.3 is 0 Å². The van der Waals surface area contributed by atoms with Gasteiger partial charge in [0.05, 0.1) is 0 Å². The molecule has 252 valence electrons. The molecule has 0 aromatic carbocycles. The van der Waals surface area contributed by atoms with Crippen LogP contribution in [0.3, 0.4) is 0 Å². The van der Waals surface area contributed by atoms with E-state index in [0.29, 0.717) is 10.3 Å². The van der Waals surface area contributed by atoms with E-state index >= 15 is 0 Å². The third kappa shape index (κ3) is 0.789. The molecule has 12 saturated heterocycles. The number of hydrogen-bond donors (Lipinski definition) is 2. The first-order valence-corrected chi connectivity index (χ1v) is 32.2. The SMILES string of the molecule is CC(C)(C)P(C[C]12[CH]3[C]4([Si](C)(C)C)[CH]5[C]1(C(P)(C1CCCCN1)C1CCCCN1)[Fe]35241678[CH]2[CH]1[CH]6[CH]7[CH]28)C1C2CC3CC(C2)CC1C3. The molecule has 16 aliphatic rings. The van der Waals surface area contributed by atoms with E-state index in [9.17, 15) is 0 Å². The molecular formula is C39H64FeN2P2Si. The van der Waals surface area contributed by atoms with Crippen molar-refractivity contribution in [2.75, 3.05) is 19.3 Å². The van der Waals surface area contributed by atoms with E-state index in [0.717, 1.165) is 54.0 Å². The second kappa shape index (κ2) is 4.38. The number of hydrogen-bond acceptors (Lipinski definition) is 2. The molecule has 2 N–H and O–H groups in total. The Morgan fingerprint density at radius 1 is 0.756 bits per heavy atom. The zero-order valence-corrected chi connectivity index (χ0v) is 33.5. The summed E-state index contributed by atoms with van der Waals surface area (Å²) in [7, 11) is 2.83. The van der Waals surface area contributed by atoms with Crippen LogP contribution in [0.25, 0.3) is 0 Å². The van der Waals surface area contributed by atoms with Gasteiger partial charge in [0.2, 0.25) is 0 Å². The van der Waals surface area contributed by atoms with Crippen molar-refractivity contribution < 1.29 is 6.51 Å². The summed E-state index contributed by atoms with van der Waals surface area (Å²) in [5.41, 5.74) is 1.15. The second-order valence-corrected chi connectivity index (χ2v) is 57.8. The van der Waals surface area contributed by atoms with Gasteiger partial charge in [-0.05, 0) is 0 Å². The fourth-order valence-corrected chi connectivity index (χ4v) is 147. The first kappa shape index (κ1) is 26.3. The summed E-state index contributed by atoms with van der Waals surface area (Å²) in [5, 5.41) is 9.86. The Bertz CT molecular complexity index is 1850. The van der Waals surface area contributed by atoms with Crippen molar-refractivity contribution in [1.82, 2.24) is 10.6 Å². The second-order valence-electron chi connectivity index (χ2n) is 24.9. The summed E-state index contributed by atoms with van der Waals surface area (Å²) >= 11 is 0. The molecule has 4 saturated carbocycles. The van der Waals surface area contributed by atoms with Crippen LogP contribution in [0.4, 0.5) is 0 Å². The van der Waals surface area contributed by atoms with E-state index in [2.05, 4.69) is 60.3 Å². The van der Waals surface area contributed by atoms with Gasteiger partial charge in [-0.2, -0.15) is 0 Å². The first-order valence-electron chi connectivity index (χ1n) is 20.4. The Hall–Kier alpha value is 1.52. The van der Waals surface area contributed by atoms with Crippen LogP contribution in [0, 0.1) is 23.7 Å². The summed E-state index contributed by atoms with van der Waals surface area (Å²) < 4.78 is 2.85. The molecule has 2 nitrogen and oxygen atoms in total. The minimum atomic E-state index is -4.00. The van der Waals surface area contributed by atoms with Gasteiger partial charge in [-0.15, -0.1) is 0 Å². The van der Waals surface area contributed by atoms with E-state index in [-0.39, 0.29) is 7.92 Å². The van der Waals surface area contributed by atoms with E-state index in [1.165, 1.54) is 85.3 Å². The normalized spacial score (nSPS) is 78.4. The van der Waals surface area contributed by atoms with Gasteiger partial charge in [0.15, 0.2) is 0 Å². The molecular weight excluding hydrogens is 642 g/mol. The predicted octanol–water partition coefficient (Wildman–Crippen LogP) is 10.4. The molecule has 0 radical (unpaired) electrons. The average molecular weight is 707 g/mol. The summed E-state index contributed by atoms with van der Waals surface area (Å²) in [4.78, 5) is 9.75. The van der Waals surface area contributed by atoms with Gasteiger partial charge in [0, 0.05) is 0 Å². The van der Waals surface area contributed by atoms with E-state index < -0.39 is 14.6 Å². The van der Waals surface area contributed by atoms with E-state index in [4.69, 9.17) is 0 Å². The van der Waals surface area contributed by atoms with Crippen LogP contribution in [0.15, 0.2) is 0 Å². The van der Waals surface area contributed by atoms with E-state index in [1.807, 2.05) is 6.16 Å². The summed E-state index contributed by atoms with van der Waals surface area (Å²) in [6.45, 7) is 15.9. The molecule has 45 heavy (non-hydrogen) atoms. The Morgan fingerprint density at radius 2 is 1.27 bits per heavy atom. The average Bonchev–Trinajstić information content (AvgIpc) is 3.94. The molecule has 9 unspecified atom stereocenters. The predicted molar refractivity (Wildman–Crippen MR) is 194 cm³/mol. The molecule has 4 bridgehead atoms. The van der Waals surface area contributed by atoms with Gasteiger partial charge in [0.1, 0.15) is 0 Å². The van der Waals surface area contributed by atoms with Gasteiger partial charge >= 0.3 is 271 Å². The molecule has 4 aliphatic carbocycles. The van der Waals surface area contributed by atoms with Crippen LogP contribution in [0.2, 0.25) is 65.9 Å². The van der Waals surface area contributed by atoms with Crippen LogP contribution >= 0.6 is 17.2 Å². The summed E-state index contributed by atoms with van der Waals surface area (Å²) in [6, 6.07) is 1.56. The third-order valence-electron chi connectivity index (χ3n) is 26.6. The van der Waals surface area contributed by atoms with Gasteiger partial charge in [0.25, 0.3) is 0 Å². The van der Waals surface area contributed by atoms with Crippen LogP contribution in [-0.2, 0) is 6.51 Å². The van der Waals surface area contributed by atoms with E-state index in [1.54, 1.807) is 32.1 Å². The number of piperidine rings is 2. The molecule has 12 heterocycles. The fraction of sp³-hybridized carbons (Fsp3) is 1.00. The molecule has 0 aromatic rings. The molecule has 16 fully saturated rings. The van der Waals surface area contributed by atoms with Gasteiger partial charge in [-0.3, -0.25) is 0 Å². The monoisotopic (exact) mass is 706 g/mol. The Morgan fingerprint density at radius 3 is 1.67 bits per heavy atom. The van der Waals surface area contributed by atoms with Crippen molar-refractivity contribution in [3.63, 3.8) is 0 Å². The van der Waals surface area contributed by atoms with Crippen molar-refractivity contribution in [1.29, 1.82) is 0 Å². The number of fused-ring (bicyclic) bond motifs is 10. The standard InChI is InChI=1S/C34H59N2P2Si.C5H5.Fe/c1-33(2,3)38(32-25-16-23-15-24(18-25)19-26(32)17-23)22-27-20-28(39(4,5)6)21-29(27)34(37,30-11-7-9-13-35-30)31-12-8-10-14-36-31;1-2-4-5-3-1;/h20-21,23-26,30-32,35-36H,7-19,22,37H2,1-6H3;1-5H;. The van der Waals surface area contributed by atoms with Crippen LogP contribution in [-0.4, -0.2) is 55.4 Å². The molecule has 6 heteroatoms. The quantitative estimate of drug-likeness (QED) is 0.204. The van der Waals surface area contributed by atoms with Crippen LogP contribution in [0.5, 0.6) is 0 Å². The summed E-state index contributed by atoms with van der Waals surface area (Å²) in [5.74, 6) is 4.51. The molecule has 1 spiro atoms. The Kier molecular flexibility index (Phi) is 2.56. The maximum atomic E-state index is 4.43. The fourth-order valence-electron chi connectivity index (χ4n) is 29.9. The third-order valence-corrected chi connectivity index (χ3v) is 85.8. The van der Waals surface area contributed by atoms with Crippen molar-refractivity contribution in [2.24, 2.45) is 23.7 Å². The van der Waals surface area contributed by atoms with Crippen molar-refractivity contribution in [2.45, 2.75) is 185 Å². The summed E-state index contributed by atoms with van der Waals surface area (Å²) in [6.07, 6.45) is 18.9. The van der Waals surface area contributed by atoms with Crippen LogP contribution in [0.1, 0.15) is 91.4 Å². The number of rotatable bonds is 7. The molecule has 0 amide bonds.